The molecule has 3 rings (SSSR count). The molecule has 0 aliphatic heterocycles. The molecule has 1 aliphatic carbocycles. The first-order chi connectivity index (χ1) is 12.8. The Balaban J connectivity index is 1.52. The lowest BCUT2D eigenvalue weighted by Gasteiger charge is -2.34. The lowest BCUT2D eigenvalue weighted by atomic mass is 9.78. The number of furan rings is 1. The van der Waals surface area contributed by atoms with Crippen molar-refractivity contribution in [3.05, 3.63) is 35.1 Å². The Labute approximate surface area is 160 Å². The maximum absolute atomic E-state index is 12.2. The lowest BCUT2D eigenvalue weighted by Crippen LogP contribution is -2.45. The number of aryl methyl sites for hydroxylation is 2. The molecule has 0 bridgehead atoms. The Hall–Kier alpha value is -2.30. The molecule has 1 aromatic carbocycles. The number of ether oxygens (including phenoxy) is 1. The molecule has 0 spiro atoms. The molecule has 5 heteroatoms. The summed E-state index contributed by atoms with van der Waals surface area (Å²) in [7, 11) is 0. The summed E-state index contributed by atoms with van der Waals surface area (Å²) in [6.07, 6.45) is 5.02. The zero-order chi connectivity index (χ0) is 19.6. The van der Waals surface area contributed by atoms with E-state index in [1.165, 1.54) is 6.42 Å². The first-order valence-corrected chi connectivity index (χ1v) is 9.77. The molecule has 1 aliphatic rings. The van der Waals surface area contributed by atoms with Crippen LogP contribution in [-0.2, 0) is 20.7 Å². The minimum absolute atomic E-state index is 0.0969. The molecule has 146 valence electrons. The number of rotatable bonds is 5. The van der Waals surface area contributed by atoms with Gasteiger partial charge in [0, 0.05) is 17.0 Å². The van der Waals surface area contributed by atoms with E-state index in [0.29, 0.717) is 11.8 Å². The third kappa shape index (κ3) is 4.52. The summed E-state index contributed by atoms with van der Waals surface area (Å²) in [5, 5.41) is 3.94. The molecule has 1 N–H and O–H groups in total. The number of hydrogen-bond donors (Lipinski definition) is 1. The predicted molar refractivity (Wildman–Crippen MR) is 104 cm³/mol. The zero-order valence-electron chi connectivity index (χ0n) is 16.6. The second-order valence-electron chi connectivity index (χ2n) is 7.97. The van der Waals surface area contributed by atoms with Crippen molar-refractivity contribution in [3.63, 3.8) is 0 Å². The van der Waals surface area contributed by atoms with Gasteiger partial charge in [0.25, 0.3) is 5.91 Å². The van der Waals surface area contributed by atoms with Crippen molar-refractivity contribution < 1.29 is 18.7 Å². The molecule has 1 aromatic heterocycles. The fourth-order valence-electron chi connectivity index (χ4n) is 3.86. The molecule has 5 nitrogen and oxygen atoms in total. The molecule has 27 heavy (non-hydrogen) atoms. The van der Waals surface area contributed by atoms with Crippen molar-refractivity contribution in [2.45, 2.75) is 59.4 Å². The summed E-state index contributed by atoms with van der Waals surface area (Å²) in [4.78, 5) is 24.3. The summed E-state index contributed by atoms with van der Waals surface area (Å²) < 4.78 is 10.7. The molecule has 3 atom stereocenters. The number of fused-ring (bicyclic) bond motifs is 1. The SMILES string of the molecule is Cc1cc2occ(CC(=O)OCC(=O)N[C@@H]3CCC[C@@H](C)[C@@H]3C)c2cc1C. The van der Waals surface area contributed by atoms with Crippen LogP contribution in [0.5, 0.6) is 0 Å². The van der Waals surface area contributed by atoms with Crippen LogP contribution in [0.2, 0.25) is 0 Å². The molecule has 1 saturated carbocycles. The van der Waals surface area contributed by atoms with Crippen molar-refractivity contribution in [3.8, 4) is 0 Å². The predicted octanol–water partition coefficient (Wildman–Crippen LogP) is 4.08. The van der Waals surface area contributed by atoms with Gasteiger partial charge in [0.05, 0.1) is 12.7 Å². The van der Waals surface area contributed by atoms with E-state index < -0.39 is 5.97 Å². The highest BCUT2D eigenvalue weighted by Crippen LogP contribution is 2.29. The zero-order valence-corrected chi connectivity index (χ0v) is 16.6. The monoisotopic (exact) mass is 371 g/mol. The van der Waals surface area contributed by atoms with Gasteiger partial charge in [-0.1, -0.05) is 26.7 Å². The highest BCUT2D eigenvalue weighted by Gasteiger charge is 2.28. The number of hydrogen-bond acceptors (Lipinski definition) is 4. The van der Waals surface area contributed by atoms with Crippen LogP contribution < -0.4 is 5.32 Å². The quantitative estimate of drug-likeness (QED) is 0.804. The number of amides is 1. The second kappa shape index (κ2) is 8.15. The van der Waals surface area contributed by atoms with Gasteiger partial charge in [-0.05, 0) is 55.4 Å². The summed E-state index contributed by atoms with van der Waals surface area (Å²) in [5.41, 5.74) is 3.84. The van der Waals surface area contributed by atoms with Crippen LogP contribution in [0.4, 0.5) is 0 Å². The normalized spacial score (nSPS) is 22.6. The maximum atomic E-state index is 12.2. The average molecular weight is 371 g/mol. The Bertz CT molecular complexity index is 838. The number of benzene rings is 1. The highest BCUT2D eigenvalue weighted by atomic mass is 16.5. The van der Waals surface area contributed by atoms with E-state index in [0.717, 1.165) is 40.5 Å². The first-order valence-electron chi connectivity index (χ1n) is 9.77. The molecule has 0 radical (unpaired) electrons. The minimum atomic E-state index is -0.420. The molecular weight excluding hydrogens is 342 g/mol. The largest absolute Gasteiger partial charge is 0.464 e. The van der Waals surface area contributed by atoms with E-state index in [9.17, 15) is 9.59 Å². The van der Waals surface area contributed by atoms with Crippen LogP contribution >= 0.6 is 0 Å². The number of carbonyl (C=O) groups excluding carboxylic acids is 2. The van der Waals surface area contributed by atoms with Crippen molar-refractivity contribution in [1.29, 1.82) is 0 Å². The molecule has 1 amide bonds. The first kappa shape index (κ1) is 19.5. The fraction of sp³-hybridized carbons (Fsp3) is 0.545. The molecule has 1 heterocycles. The van der Waals surface area contributed by atoms with E-state index in [4.69, 9.17) is 9.15 Å². The summed E-state index contributed by atoms with van der Waals surface area (Å²) in [5.74, 6) is 0.407. The van der Waals surface area contributed by atoms with Gasteiger partial charge in [0.1, 0.15) is 5.58 Å². The molecule has 0 unspecified atom stereocenters. The minimum Gasteiger partial charge on any atom is -0.464 e. The Morgan fingerprint density at radius 1 is 1.19 bits per heavy atom. The molecule has 2 aromatic rings. The number of carbonyl (C=O) groups is 2. The van der Waals surface area contributed by atoms with Gasteiger partial charge in [-0.3, -0.25) is 9.59 Å². The van der Waals surface area contributed by atoms with Crippen LogP contribution in [0, 0.1) is 25.7 Å². The highest BCUT2D eigenvalue weighted by molar-refractivity contribution is 5.87. The standard InChI is InChI=1S/C22H29NO4/c1-13-6-5-7-19(16(13)4)23-21(24)12-27-22(25)10-17-11-26-20-9-15(3)14(2)8-18(17)20/h8-9,11,13,16,19H,5-7,10,12H2,1-4H3,(H,23,24)/t13-,16+,19-/m1/s1. The summed E-state index contributed by atoms with van der Waals surface area (Å²) >= 11 is 0. The Morgan fingerprint density at radius 2 is 1.93 bits per heavy atom. The van der Waals surface area contributed by atoms with Crippen LogP contribution in [0.1, 0.15) is 49.8 Å². The van der Waals surface area contributed by atoms with Crippen molar-refractivity contribution in [2.24, 2.45) is 11.8 Å². The lowest BCUT2D eigenvalue weighted by molar-refractivity contribution is -0.148. The van der Waals surface area contributed by atoms with Crippen molar-refractivity contribution in [2.75, 3.05) is 6.61 Å². The average Bonchev–Trinajstić information content (AvgIpc) is 2.99. The van der Waals surface area contributed by atoms with Gasteiger partial charge < -0.3 is 14.5 Å². The summed E-state index contributed by atoms with van der Waals surface area (Å²) in [6.45, 7) is 8.22. The third-order valence-corrected chi connectivity index (χ3v) is 6.02. The van der Waals surface area contributed by atoms with Crippen LogP contribution in [0.15, 0.2) is 22.8 Å². The van der Waals surface area contributed by atoms with E-state index in [1.807, 2.05) is 26.0 Å². The second-order valence-corrected chi connectivity index (χ2v) is 7.97. The Kier molecular flexibility index (Phi) is 5.88. The van der Waals surface area contributed by atoms with Gasteiger partial charge in [0.15, 0.2) is 6.61 Å². The topological polar surface area (TPSA) is 68.5 Å². The van der Waals surface area contributed by atoms with Gasteiger partial charge in [-0.15, -0.1) is 0 Å². The van der Waals surface area contributed by atoms with Crippen LogP contribution in [-0.4, -0.2) is 24.5 Å². The third-order valence-electron chi connectivity index (χ3n) is 6.02. The number of esters is 1. The van der Waals surface area contributed by atoms with Crippen LogP contribution in [0.3, 0.4) is 0 Å². The Morgan fingerprint density at radius 3 is 2.70 bits per heavy atom. The maximum Gasteiger partial charge on any atom is 0.310 e. The fourth-order valence-corrected chi connectivity index (χ4v) is 3.86. The van der Waals surface area contributed by atoms with Gasteiger partial charge in [0.2, 0.25) is 0 Å². The number of nitrogens with one attached hydrogen (secondary N) is 1. The smallest absolute Gasteiger partial charge is 0.310 e. The van der Waals surface area contributed by atoms with Crippen LogP contribution in [0.25, 0.3) is 11.0 Å². The van der Waals surface area contributed by atoms with Gasteiger partial charge in [-0.25, -0.2) is 0 Å². The molecule has 1 fully saturated rings. The van der Waals surface area contributed by atoms with E-state index in [1.54, 1.807) is 6.26 Å². The van der Waals surface area contributed by atoms with Crippen molar-refractivity contribution in [1.82, 2.24) is 5.32 Å². The van der Waals surface area contributed by atoms with Crippen molar-refractivity contribution >= 4 is 22.8 Å². The van der Waals surface area contributed by atoms with E-state index in [2.05, 4.69) is 19.2 Å². The van der Waals surface area contributed by atoms with E-state index in [-0.39, 0.29) is 25.0 Å². The molecular formula is C22H29NO4. The van der Waals surface area contributed by atoms with E-state index >= 15 is 0 Å². The molecule has 0 saturated heterocycles. The summed E-state index contributed by atoms with van der Waals surface area (Å²) in [6, 6.07) is 4.16. The van der Waals surface area contributed by atoms with Gasteiger partial charge >= 0.3 is 5.97 Å². The van der Waals surface area contributed by atoms with Gasteiger partial charge in [-0.2, -0.15) is 0 Å².